The molecular formula is C56H52N4O6. The molecule has 10 heteroatoms. The minimum Gasteiger partial charge on any atom is -0.489 e. The van der Waals surface area contributed by atoms with Crippen molar-refractivity contribution < 1.29 is 28.9 Å². The van der Waals surface area contributed by atoms with Crippen molar-refractivity contribution in [1.82, 2.24) is 9.97 Å². The van der Waals surface area contributed by atoms with E-state index < -0.39 is 18.1 Å². The number of pyridine rings is 2. The van der Waals surface area contributed by atoms with Gasteiger partial charge in [0.15, 0.2) is 0 Å². The summed E-state index contributed by atoms with van der Waals surface area (Å²) in [5, 5.41) is 16.1. The number of rotatable bonds is 19. The third-order valence-corrected chi connectivity index (χ3v) is 10.4. The van der Waals surface area contributed by atoms with Crippen LogP contribution in [0.2, 0.25) is 0 Å². The second-order valence-electron chi connectivity index (χ2n) is 15.3. The molecule has 2 aromatic heterocycles. The number of carbonyl (C=O) groups excluding carboxylic acids is 1. The number of benzene rings is 6. The number of carboxylic acid groups (broad SMARTS) is 1. The molecule has 0 aliphatic heterocycles. The van der Waals surface area contributed by atoms with E-state index >= 15 is 0 Å². The molecule has 0 aliphatic carbocycles. The molecule has 10 nitrogen and oxygen atoms in total. The van der Waals surface area contributed by atoms with Gasteiger partial charge in [0.1, 0.15) is 36.8 Å². The highest BCUT2D eigenvalue weighted by atomic mass is 16.5. The van der Waals surface area contributed by atoms with E-state index in [1.54, 1.807) is 18.5 Å². The van der Waals surface area contributed by atoms with E-state index in [4.69, 9.17) is 14.2 Å². The number of nitrogens with one attached hydrogen (secondary N) is 2. The third-order valence-electron chi connectivity index (χ3n) is 10.4. The molecule has 0 saturated carbocycles. The quantitative estimate of drug-likeness (QED) is 0.0675. The van der Waals surface area contributed by atoms with Gasteiger partial charge in [-0.15, -0.1) is 0 Å². The molecular weight excluding hydrogens is 825 g/mol. The van der Waals surface area contributed by atoms with Gasteiger partial charge in [0.25, 0.3) is 0 Å². The standard InChI is InChI=1S/C29H28N2O3.C27H24N2O3/c1-2-33-29(32)28(19-22-9-5-3-6-10-22)31-25-17-18-30-27(20-25)24-13-15-26(16-14-24)34-21-23-11-7-4-8-12-23;30-27(31)26(17-20-7-3-1-4-8-20)29-23-15-16-28-25(18-23)22-11-13-24(14-12-22)32-19-21-9-5-2-6-10-21/h3-18,20,28H,2,19,21H2,1H3,(H,30,31);1-16,18,26H,17,19H2,(H,28,29)(H,30,31). The molecule has 0 fully saturated rings. The second-order valence-corrected chi connectivity index (χ2v) is 15.3. The Hall–Kier alpha value is -8.24. The number of ether oxygens (including phenoxy) is 3. The molecule has 8 aromatic rings. The maximum absolute atomic E-state index is 12.6. The van der Waals surface area contributed by atoms with Crippen LogP contribution in [0, 0.1) is 0 Å². The van der Waals surface area contributed by atoms with E-state index in [-0.39, 0.29) is 5.97 Å². The molecule has 0 spiro atoms. The highest BCUT2D eigenvalue weighted by molar-refractivity contribution is 5.80. The fraction of sp³-hybridized carbons (Fsp3) is 0.143. The molecule has 0 saturated heterocycles. The number of aromatic nitrogens is 2. The molecule has 0 amide bonds. The summed E-state index contributed by atoms with van der Waals surface area (Å²) in [6.07, 6.45) is 4.34. The largest absolute Gasteiger partial charge is 0.489 e. The maximum atomic E-state index is 12.6. The van der Waals surface area contributed by atoms with Crippen LogP contribution in [-0.2, 0) is 40.4 Å². The lowest BCUT2D eigenvalue weighted by Gasteiger charge is -2.19. The van der Waals surface area contributed by atoms with Gasteiger partial charge in [-0.3, -0.25) is 9.97 Å². The summed E-state index contributed by atoms with van der Waals surface area (Å²) in [7, 11) is 0. The molecule has 8 rings (SSSR count). The summed E-state index contributed by atoms with van der Waals surface area (Å²) in [4.78, 5) is 33.3. The average Bonchev–Trinajstić information content (AvgIpc) is 3.37. The van der Waals surface area contributed by atoms with Crippen LogP contribution < -0.4 is 20.1 Å². The molecule has 2 atom stereocenters. The Bertz CT molecular complexity index is 2710. The zero-order valence-electron chi connectivity index (χ0n) is 36.7. The molecule has 3 N–H and O–H groups in total. The highest BCUT2D eigenvalue weighted by Gasteiger charge is 2.21. The van der Waals surface area contributed by atoms with E-state index in [0.29, 0.717) is 38.3 Å². The number of nitrogens with zero attached hydrogens (tertiary/aromatic N) is 2. The Morgan fingerprint density at radius 3 is 1.27 bits per heavy atom. The molecule has 332 valence electrons. The van der Waals surface area contributed by atoms with Crippen molar-refractivity contribution in [2.24, 2.45) is 0 Å². The molecule has 0 aliphatic rings. The number of carbonyl (C=O) groups is 2. The molecule has 0 bridgehead atoms. The summed E-state index contributed by atoms with van der Waals surface area (Å²) < 4.78 is 17.0. The predicted octanol–water partition coefficient (Wildman–Crippen LogP) is 11.3. The normalized spacial score (nSPS) is 11.5. The minimum atomic E-state index is -0.896. The number of aliphatic carboxylic acids is 1. The average molecular weight is 877 g/mol. The Kier molecular flexibility index (Phi) is 16.6. The predicted molar refractivity (Wildman–Crippen MR) is 260 cm³/mol. The molecule has 6 aromatic carbocycles. The number of esters is 1. The van der Waals surface area contributed by atoms with E-state index in [1.165, 1.54) is 0 Å². The summed E-state index contributed by atoms with van der Waals surface area (Å²) in [5.41, 5.74) is 9.24. The molecule has 66 heavy (non-hydrogen) atoms. The zero-order chi connectivity index (χ0) is 45.8. The van der Waals surface area contributed by atoms with E-state index in [2.05, 4.69) is 20.6 Å². The third kappa shape index (κ3) is 14.1. The van der Waals surface area contributed by atoms with Gasteiger partial charge in [-0.05, 0) is 102 Å². The first-order valence-corrected chi connectivity index (χ1v) is 21.9. The van der Waals surface area contributed by atoms with Crippen molar-refractivity contribution in [3.05, 3.63) is 229 Å². The number of anilines is 2. The van der Waals surface area contributed by atoms with Gasteiger partial charge in [0, 0.05) is 47.7 Å². The highest BCUT2D eigenvalue weighted by Crippen LogP contribution is 2.26. The van der Waals surface area contributed by atoms with Gasteiger partial charge in [-0.1, -0.05) is 121 Å². The second kappa shape index (κ2) is 24.0. The van der Waals surface area contributed by atoms with Gasteiger partial charge in [0.2, 0.25) is 0 Å². The molecule has 0 radical (unpaired) electrons. The summed E-state index contributed by atoms with van der Waals surface area (Å²) in [6, 6.07) is 61.4. The van der Waals surface area contributed by atoms with Gasteiger partial charge < -0.3 is 30.0 Å². The van der Waals surface area contributed by atoms with Crippen molar-refractivity contribution in [2.45, 2.75) is 45.1 Å². The van der Waals surface area contributed by atoms with Crippen molar-refractivity contribution in [3.63, 3.8) is 0 Å². The van der Waals surface area contributed by atoms with Gasteiger partial charge >= 0.3 is 11.9 Å². The lowest BCUT2D eigenvalue weighted by atomic mass is 10.1. The summed E-state index contributed by atoms with van der Waals surface area (Å²) in [5.74, 6) is 0.407. The van der Waals surface area contributed by atoms with Gasteiger partial charge in [-0.2, -0.15) is 0 Å². The minimum absolute atomic E-state index is 0.273. The SMILES string of the molecule is CCOC(=O)C(Cc1ccccc1)Nc1ccnc(-c2ccc(OCc3ccccc3)cc2)c1.O=C(O)C(Cc1ccccc1)Nc1ccnc(-c2ccc(OCc3ccccc3)cc2)c1. The maximum Gasteiger partial charge on any atom is 0.328 e. The van der Waals surface area contributed by atoms with Crippen LogP contribution in [0.5, 0.6) is 11.5 Å². The number of carboxylic acids is 1. The van der Waals surface area contributed by atoms with Crippen LogP contribution >= 0.6 is 0 Å². The van der Waals surface area contributed by atoms with Crippen molar-refractivity contribution in [2.75, 3.05) is 17.2 Å². The lowest BCUT2D eigenvalue weighted by molar-refractivity contribution is -0.144. The first-order valence-electron chi connectivity index (χ1n) is 21.9. The van der Waals surface area contributed by atoms with Crippen LogP contribution in [0.3, 0.4) is 0 Å². The van der Waals surface area contributed by atoms with Crippen LogP contribution in [0.15, 0.2) is 207 Å². The van der Waals surface area contributed by atoms with Crippen molar-refractivity contribution in [1.29, 1.82) is 0 Å². The zero-order valence-corrected chi connectivity index (χ0v) is 36.7. The fourth-order valence-electron chi connectivity index (χ4n) is 7.02. The van der Waals surface area contributed by atoms with E-state index in [9.17, 15) is 14.7 Å². The Morgan fingerprint density at radius 1 is 0.500 bits per heavy atom. The summed E-state index contributed by atoms with van der Waals surface area (Å²) >= 11 is 0. The van der Waals surface area contributed by atoms with Crippen LogP contribution in [-0.4, -0.2) is 45.7 Å². The van der Waals surface area contributed by atoms with Crippen molar-refractivity contribution in [3.8, 4) is 34.0 Å². The monoisotopic (exact) mass is 876 g/mol. The lowest BCUT2D eigenvalue weighted by Crippen LogP contribution is -2.33. The van der Waals surface area contributed by atoms with Crippen molar-refractivity contribution >= 4 is 23.3 Å². The first kappa shape index (κ1) is 45.8. The Labute approximate surface area is 385 Å². The fourth-order valence-corrected chi connectivity index (χ4v) is 7.02. The van der Waals surface area contributed by atoms with Crippen LogP contribution in [0.4, 0.5) is 11.4 Å². The number of hydrogen-bond donors (Lipinski definition) is 3. The van der Waals surface area contributed by atoms with Gasteiger partial charge in [-0.25, -0.2) is 9.59 Å². The summed E-state index contributed by atoms with van der Waals surface area (Å²) in [6.45, 7) is 3.19. The number of hydrogen-bond acceptors (Lipinski definition) is 9. The molecule has 2 unspecified atom stereocenters. The molecule has 2 heterocycles. The van der Waals surface area contributed by atoms with Crippen LogP contribution in [0.1, 0.15) is 29.2 Å². The van der Waals surface area contributed by atoms with Crippen LogP contribution in [0.25, 0.3) is 22.5 Å². The Morgan fingerprint density at radius 2 is 0.879 bits per heavy atom. The van der Waals surface area contributed by atoms with E-state index in [0.717, 1.165) is 62.0 Å². The topological polar surface area (TPSA) is 132 Å². The Balaban J connectivity index is 0.000000197. The first-order chi connectivity index (χ1) is 32.4. The van der Waals surface area contributed by atoms with E-state index in [1.807, 2.05) is 195 Å². The van der Waals surface area contributed by atoms with Gasteiger partial charge in [0.05, 0.1) is 18.0 Å². The smallest absolute Gasteiger partial charge is 0.328 e.